The summed E-state index contributed by atoms with van der Waals surface area (Å²) >= 11 is 0. The zero-order valence-electron chi connectivity index (χ0n) is 11.2. The fourth-order valence-electron chi connectivity index (χ4n) is 2.11. The van der Waals surface area contributed by atoms with Crippen molar-refractivity contribution in [3.8, 4) is 11.5 Å². The van der Waals surface area contributed by atoms with Crippen molar-refractivity contribution in [1.82, 2.24) is 0 Å². The lowest BCUT2D eigenvalue weighted by molar-refractivity contribution is 0.172. The van der Waals surface area contributed by atoms with Gasteiger partial charge >= 0.3 is 0 Å². The minimum Gasteiger partial charge on any atom is -0.486 e. The Hall–Kier alpha value is -2.50. The summed E-state index contributed by atoms with van der Waals surface area (Å²) in [4.78, 5) is 0. The van der Waals surface area contributed by atoms with E-state index >= 15 is 0 Å². The first-order valence-corrected chi connectivity index (χ1v) is 6.50. The first-order valence-electron chi connectivity index (χ1n) is 6.50. The summed E-state index contributed by atoms with van der Waals surface area (Å²) in [6, 6.07) is 6.84. The Bertz CT molecular complexity index is 677. The van der Waals surface area contributed by atoms with Gasteiger partial charge in [0.05, 0.1) is 11.4 Å². The number of benzene rings is 2. The highest BCUT2D eigenvalue weighted by atomic mass is 19.1. The number of halogens is 2. The highest BCUT2D eigenvalue weighted by Crippen LogP contribution is 2.37. The molecule has 0 saturated heterocycles. The van der Waals surface area contributed by atoms with E-state index < -0.39 is 11.6 Å². The van der Waals surface area contributed by atoms with E-state index in [0.29, 0.717) is 41.7 Å². The molecule has 4 nitrogen and oxygen atoms in total. The summed E-state index contributed by atoms with van der Waals surface area (Å²) in [5, 5.41) is 3.02. The third-order valence-corrected chi connectivity index (χ3v) is 3.20. The van der Waals surface area contributed by atoms with Crippen LogP contribution in [0.1, 0.15) is 5.56 Å². The largest absolute Gasteiger partial charge is 0.486 e. The quantitative estimate of drug-likeness (QED) is 0.854. The van der Waals surface area contributed by atoms with Gasteiger partial charge in [0.2, 0.25) is 0 Å². The number of fused-ring (bicyclic) bond motifs is 1. The van der Waals surface area contributed by atoms with Gasteiger partial charge in [-0.15, -0.1) is 0 Å². The minimum atomic E-state index is -0.602. The molecule has 0 amide bonds. The van der Waals surface area contributed by atoms with Gasteiger partial charge in [-0.1, -0.05) is 6.07 Å². The number of anilines is 2. The van der Waals surface area contributed by atoms with Crippen molar-refractivity contribution in [2.75, 3.05) is 24.3 Å². The Kier molecular flexibility index (Phi) is 3.51. The number of hydrogen-bond donors (Lipinski definition) is 2. The molecule has 0 spiro atoms. The average molecular weight is 292 g/mol. The highest BCUT2D eigenvalue weighted by Gasteiger charge is 2.14. The molecule has 1 aliphatic rings. The number of nitrogens with two attached hydrogens (primary N) is 1. The molecule has 0 bridgehead atoms. The summed E-state index contributed by atoms with van der Waals surface area (Å²) in [6.45, 7) is 1.15. The molecular formula is C15H14F2N2O2. The molecule has 0 fully saturated rings. The fraction of sp³-hybridized carbons (Fsp3) is 0.200. The van der Waals surface area contributed by atoms with Gasteiger partial charge in [-0.3, -0.25) is 0 Å². The van der Waals surface area contributed by atoms with Gasteiger partial charge in [0.15, 0.2) is 11.5 Å². The zero-order valence-corrected chi connectivity index (χ0v) is 11.2. The molecule has 0 aliphatic carbocycles. The molecule has 2 aromatic rings. The Labute approximate surface area is 120 Å². The maximum absolute atomic E-state index is 13.6. The molecule has 21 heavy (non-hydrogen) atoms. The first-order chi connectivity index (χ1) is 10.1. The van der Waals surface area contributed by atoms with Gasteiger partial charge in [0, 0.05) is 30.3 Å². The summed E-state index contributed by atoms with van der Waals surface area (Å²) in [5.74, 6) is -0.0106. The second kappa shape index (κ2) is 5.47. The Morgan fingerprint density at radius 1 is 1.05 bits per heavy atom. The Morgan fingerprint density at radius 3 is 2.48 bits per heavy atom. The molecule has 3 N–H and O–H groups in total. The van der Waals surface area contributed by atoms with Gasteiger partial charge < -0.3 is 20.5 Å². The van der Waals surface area contributed by atoms with Gasteiger partial charge in [-0.05, 0) is 6.07 Å². The SMILES string of the molecule is Nc1cc2c(cc1NCc1ccc(F)cc1F)OCCO2. The van der Waals surface area contributed by atoms with Crippen molar-refractivity contribution >= 4 is 11.4 Å². The monoisotopic (exact) mass is 292 g/mol. The summed E-state index contributed by atoms with van der Waals surface area (Å²) < 4.78 is 37.3. The van der Waals surface area contributed by atoms with Crippen LogP contribution in [-0.4, -0.2) is 13.2 Å². The molecule has 0 atom stereocenters. The molecule has 0 unspecified atom stereocenters. The van der Waals surface area contributed by atoms with E-state index in [1.807, 2.05) is 0 Å². The molecule has 3 rings (SSSR count). The maximum atomic E-state index is 13.6. The standard InChI is InChI=1S/C15H14F2N2O2/c16-10-2-1-9(11(17)5-10)8-19-13-7-15-14(6-12(13)18)20-3-4-21-15/h1-2,5-7,19H,3-4,8,18H2. The van der Waals surface area contributed by atoms with E-state index in [0.717, 1.165) is 6.07 Å². The fourth-order valence-corrected chi connectivity index (χ4v) is 2.11. The van der Waals surface area contributed by atoms with Gasteiger partial charge in [0.1, 0.15) is 24.8 Å². The smallest absolute Gasteiger partial charge is 0.163 e. The zero-order chi connectivity index (χ0) is 14.8. The van der Waals surface area contributed by atoms with Crippen LogP contribution in [0.5, 0.6) is 11.5 Å². The average Bonchev–Trinajstić information content (AvgIpc) is 2.46. The third-order valence-electron chi connectivity index (χ3n) is 3.20. The van der Waals surface area contributed by atoms with Crippen molar-refractivity contribution < 1.29 is 18.3 Å². The Balaban J connectivity index is 1.78. The van der Waals surface area contributed by atoms with E-state index in [2.05, 4.69) is 5.32 Å². The highest BCUT2D eigenvalue weighted by molar-refractivity contribution is 5.72. The Morgan fingerprint density at radius 2 is 1.76 bits per heavy atom. The first kappa shape index (κ1) is 13.5. The number of nitrogen functional groups attached to an aromatic ring is 1. The van der Waals surface area contributed by atoms with Crippen molar-refractivity contribution in [1.29, 1.82) is 0 Å². The van der Waals surface area contributed by atoms with Crippen LogP contribution in [0.2, 0.25) is 0 Å². The third kappa shape index (κ3) is 2.84. The lowest BCUT2D eigenvalue weighted by Crippen LogP contribution is -2.16. The number of nitrogens with one attached hydrogen (secondary N) is 1. The van der Waals surface area contributed by atoms with Crippen LogP contribution < -0.4 is 20.5 Å². The summed E-state index contributed by atoms with van der Waals surface area (Å²) in [7, 11) is 0. The van der Waals surface area contributed by atoms with E-state index in [4.69, 9.17) is 15.2 Å². The number of rotatable bonds is 3. The van der Waals surface area contributed by atoms with Crippen LogP contribution >= 0.6 is 0 Å². The molecule has 2 aromatic carbocycles. The van der Waals surface area contributed by atoms with Crippen molar-refractivity contribution in [2.24, 2.45) is 0 Å². The summed E-state index contributed by atoms with van der Waals surface area (Å²) in [5.41, 5.74) is 7.36. The second-order valence-electron chi connectivity index (χ2n) is 4.67. The molecule has 1 heterocycles. The van der Waals surface area contributed by atoms with Gasteiger partial charge in [0.25, 0.3) is 0 Å². The molecule has 0 aromatic heterocycles. The molecular weight excluding hydrogens is 278 g/mol. The predicted octanol–water partition coefficient (Wildman–Crippen LogP) is 2.93. The van der Waals surface area contributed by atoms with Crippen molar-refractivity contribution in [2.45, 2.75) is 6.54 Å². The normalized spacial score (nSPS) is 13.0. The van der Waals surface area contributed by atoms with Crippen molar-refractivity contribution in [3.05, 3.63) is 47.5 Å². The second-order valence-corrected chi connectivity index (χ2v) is 4.67. The van der Waals surface area contributed by atoms with Crippen LogP contribution in [-0.2, 0) is 6.54 Å². The molecule has 6 heteroatoms. The van der Waals surface area contributed by atoms with Gasteiger partial charge in [-0.25, -0.2) is 8.78 Å². The van der Waals surface area contributed by atoms with Crippen LogP contribution in [0.3, 0.4) is 0 Å². The van der Waals surface area contributed by atoms with E-state index in [1.165, 1.54) is 12.1 Å². The lowest BCUT2D eigenvalue weighted by atomic mass is 10.2. The molecule has 1 aliphatic heterocycles. The molecule has 0 saturated carbocycles. The van der Waals surface area contributed by atoms with Gasteiger partial charge in [-0.2, -0.15) is 0 Å². The lowest BCUT2D eigenvalue weighted by Gasteiger charge is -2.20. The topological polar surface area (TPSA) is 56.5 Å². The van der Waals surface area contributed by atoms with Crippen LogP contribution in [0, 0.1) is 11.6 Å². The van der Waals surface area contributed by atoms with Crippen molar-refractivity contribution in [3.63, 3.8) is 0 Å². The minimum absolute atomic E-state index is 0.190. The maximum Gasteiger partial charge on any atom is 0.163 e. The van der Waals surface area contributed by atoms with Crippen LogP contribution in [0.25, 0.3) is 0 Å². The van der Waals surface area contributed by atoms with E-state index in [9.17, 15) is 8.78 Å². The number of ether oxygens (including phenoxy) is 2. The predicted molar refractivity (Wildman–Crippen MR) is 75.5 cm³/mol. The molecule has 0 radical (unpaired) electrons. The number of hydrogen-bond acceptors (Lipinski definition) is 4. The summed E-state index contributed by atoms with van der Waals surface area (Å²) in [6.07, 6.45) is 0. The van der Waals surface area contributed by atoms with Crippen LogP contribution in [0.15, 0.2) is 30.3 Å². The van der Waals surface area contributed by atoms with E-state index in [1.54, 1.807) is 12.1 Å². The molecule has 110 valence electrons. The van der Waals surface area contributed by atoms with E-state index in [-0.39, 0.29) is 6.54 Å². The van der Waals surface area contributed by atoms with Crippen LogP contribution in [0.4, 0.5) is 20.2 Å².